The van der Waals surface area contributed by atoms with Crippen LogP contribution in [0.2, 0.25) is 0 Å². The molecule has 134 valence electrons. The second-order valence-corrected chi connectivity index (χ2v) is 6.29. The van der Waals surface area contributed by atoms with Gasteiger partial charge in [-0.1, -0.05) is 6.07 Å². The van der Waals surface area contributed by atoms with Crippen LogP contribution in [0, 0.1) is 11.3 Å². The molecule has 1 aromatic carbocycles. The molecule has 1 aliphatic carbocycles. The van der Waals surface area contributed by atoms with Crippen molar-refractivity contribution in [2.45, 2.75) is 37.8 Å². The third kappa shape index (κ3) is 4.51. The number of methoxy groups -OCH3 is 1. The minimum Gasteiger partial charge on any atom is -0.497 e. The molecule has 0 unspecified atom stereocenters. The number of carbonyl (C=O) groups excluding carboxylic acids is 1. The van der Waals surface area contributed by atoms with Gasteiger partial charge in [-0.15, -0.1) is 0 Å². The van der Waals surface area contributed by atoms with E-state index in [9.17, 15) is 4.79 Å². The fraction of sp³-hybridized carbons (Fsp3) is 0.350. The molecule has 1 aliphatic rings. The zero-order valence-corrected chi connectivity index (χ0v) is 14.6. The van der Waals surface area contributed by atoms with Crippen molar-refractivity contribution in [2.24, 2.45) is 0 Å². The SMILES string of the molecule is COc1cccc(C(=O)NC2CCC(Oc3ccc(C#N)cn3)CC2)c1. The first-order valence-corrected chi connectivity index (χ1v) is 8.65. The van der Waals surface area contributed by atoms with Gasteiger partial charge in [0, 0.05) is 23.9 Å². The number of rotatable bonds is 5. The van der Waals surface area contributed by atoms with Gasteiger partial charge in [0.1, 0.15) is 17.9 Å². The average Bonchev–Trinajstić information content (AvgIpc) is 2.70. The van der Waals surface area contributed by atoms with Crippen LogP contribution in [0.1, 0.15) is 41.6 Å². The fourth-order valence-electron chi connectivity index (χ4n) is 3.04. The minimum absolute atomic E-state index is 0.0815. The number of nitriles is 1. The molecule has 0 bridgehead atoms. The number of carbonyl (C=O) groups is 1. The standard InChI is InChI=1S/C20H21N3O3/c1-25-18-4-2-3-15(11-18)20(24)23-16-6-8-17(9-7-16)26-19-10-5-14(12-21)13-22-19/h2-5,10-11,13,16-17H,6-9H2,1H3,(H,23,24). The van der Waals surface area contributed by atoms with Crippen LogP contribution in [0.5, 0.6) is 11.6 Å². The highest BCUT2D eigenvalue weighted by atomic mass is 16.5. The number of nitrogens with zero attached hydrogens (tertiary/aromatic N) is 2. The Morgan fingerprint density at radius 3 is 2.69 bits per heavy atom. The highest BCUT2D eigenvalue weighted by molar-refractivity contribution is 5.94. The Morgan fingerprint density at radius 1 is 1.23 bits per heavy atom. The van der Waals surface area contributed by atoms with Crippen LogP contribution >= 0.6 is 0 Å². The molecule has 3 rings (SSSR count). The lowest BCUT2D eigenvalue weighted by atomic mass is 9.92. The molecule has 1 fully saturated rings. The summed E-state index contributed by atoms with van der Waals surface area (Å²) in [6.45, 7) is 0. The Labute approximate surface area is 152 Å². The molecule has 1 saturated carbocycles. The van der Waals surface area contributed by atoms with Gasteiger partial charge in [0.25, 0.3) is 5.91 Å². The van der Waals surface area contributed by atoms with E-state index < -0.39 is 0 Å². The summed E-state index contributed by atoms with van der Waals surface area (Å²) >= 11 is 0. The topological polar surface area (TPSA) is 84.2 Å². The number of aromatic nitrogens is 1. The van der Waals surface area contributed by atoms with E-state index in [-0.39, 0.29) is 18.1 Å². The lowest BCUT2D eigenvalue weighted by Gasteiger charge is -2.29. The molecule has 1 aromatic heterocycles. The molecule has 1 heterocycles. The first-order valence-electron chi connectivity index (χ1n) is 8.65. The number of nitrogens with one attached hydrogen (secondary N) is 1. The van der Waals surface area contributed by atoms with E-state index in [1.54, 1.807) is 31.4 Å². The van der Waals surface area contributed by atoms with Gasteiger partial charge in [0.2, 0.25) is 5.88 Å². The summed E-state index contributed by atoms with van der Waals surface area (Å²) in [4.78, 5) is 16.5. The van der Waals surface area contributed by atoms with E-state index in [0.29, 0.717) is 22.8 Å². The largest absolute Gasteiger partial charge is 0.497 e. The Hall–Kier alpha value is -3.07. The second kappa shape index (κ2) is 8.34. The van der Waals surface area contributed by atoms with E-state index in [1.807, 2.05) is 18.2 Å². The normalized spacial score (nSPS) is 19.2. The summed E-state index contributed by atoms with van der Waals surface area (Å²) in [5, 5.41) is 11.9. The quantitative estimate of drug-likeness (QED) is 0.895. The zero-order chi connectivity index (χ0) is 18.4. The molecule has 1 amide bonds. The summed E-state index contributed by atoms with van der Waals surface area (Å²) < 4.78 is 11.0. The third-order valence-electron chi connectivity index (χ3n) is 4.49. The van der Waals surface area contributed by atoms with Crippen molar-refractivity contribution in [3.8, 4) is 17.7 Å². The predicted molar refractivity (Wildman–Crippen MR) is 96.1 cm³/mol. The molecule has 0 saturated heterocycles. The lowest BCUT2D eigenvalue weighted by Crippen LogP contribution is -2.39. The molecule has 26 heavy (non-hydrogen) atoms. The first kappa shape index (κ1) is 17.7. The average molecular weight is 351 g/mol. The van der Waals surface area contributed by atoms with E-state index >= 15 is 0 Å². The molecule has 2 aromatic rings. The summed E-state index contributed by atoms with van der Waals surface area (Å²) in [5.74, 6) is 1.12. The number of hydrogen-bond acceptors (Lipinski definition) is 5. The van der Waals surface area contributed by atoms with Gasteiger partial charge >= 0.3 is 0 Å². The number of hydrogen-bond donors (Lipinski definition) is 1. The van der Waals surface area contributed by atoms with E-state index in [2.05, 4.69) is 10.3 Å². The zero-order valence-electron chi connectivity index (χ0n) is 14.6. The molecule has 0 spiro atoms. The summed E-state index contributed by atoms with van der Waals surface area (Å²) in [6.07, 6.45) is 5.01. The number of ether oxygens (including phenoxy) is 2. The number of amides is 1. The van der Waals surface area contributed by atoms with Crippen molar-refractivity contribution in [2.75, 3.05) is 7.11 Å². The minimum atomic E-state index is -0.0815. The number of pyridine rings is 1. The van der Waals surface area contributed by atoms with Crippen LogP contribution in [-0.4, -0.2) is 30.1 Å². The van der Waals surface area contributed by atoms with Crippen LogP contribution in [0.3, 0.4) is 0 Å². The maximum atomic E-state index is 12.4. The lowest BCUT2D eigenvalue weighted by molar-refractivity contribution is 0.0890. The third-order valence-corrected chi connectivity index (χ3v) is 4.49. The Kier molecular flexibility index (Phi) is 5.69. The monoisotopic (exact) mass is 351 g/mol. The van der Waals surface area contributed by atoms with Gasteiger partial charge in [-0.3, -0.25) is 4.79 Å². The fourth-order valence-corrected chi connectivity index (χ4v) is 3.04. The van der Waals surface area contributed by atoms with Gasteiger partial charge < -0.3 is 14.8 Å². The van der Waals surface area contributed by atoms with E-state index in [0.717, 1.165) is 25.7 Å². The molecular weight excluding hydrogens is 330 g/mol. The van der Waals surface area contributed by atoms with Gasteiger partial charge in [0.15, 0.2) is 0 Å². The van der Waals surface area contributed by atoms with Gasteiger partial charge in [-0.2, -0.15) is 5.26 Å². The highest BCUT2D eigenvalue weighted by Crippen LogP contribution is 2.23. The van der Waals surface area contributed by atoms with E-state index in [1.165, 1.54) is 6.20 Å². The Balaban J connectivity index is 1.48. The van der Waals surface area contributed by atoms with Crippen molar-refractivity contribution in [1.29, 1.82) is 5.26 Å². The number of benzene rings is 1. The van der Waals surface area contributed by atoms with Crippen LogP contribution in [-0.2, 0) is 0 Å². The molecular formula is C20H21N3O3. The van der Waals surface area contributed by atoms with Crippen molar-refractivity contribution in [3.05, 3.63) is 53.7 Å². The van der Waals surface area contributed by atoms with Crippen molar-refractivity contribution in [1.82, 2.24) is 10.3 Å². The molecule has 0 atom stereocenters. The van der Waals surface area contributed by atoms with Crippen molar-refractivity contribution in [3.63, 3.8) is 0 Å². The smallest absolute Gasteiger partial charge is 0.251 e. The summed E-state index contributed by atoms with van der Waals surface area (Å²) in [7, 11) is 1.58. The van der Waals surface area contributed by atoms with E-state index in [4.69, 9.17) is 14.7 Å². The Bertz CT molecular complexity index is 791. The highest BCUT2D eigenvalue weighted by Gasteiger charge is 2.24. The summed E-state index contributed by atoms with van der Waals surface area (Å²) in [6, 6.07) is 12.7. The first-order chi connectivity index (χ1) is 12.7. The van der Waals surface area contributed by atoms with Gasteiger partial charge in [-0.05, 0) is 49.9 Å². The van der Waals surface area contributed by atoms with Crippen LogP contribution in [0.25, 0.3) is 0 Å². The maximum Gasteiger partial charge on any atom is 0.251 e. The molecule has 6 nitrogen and oxygen atoms in total. The molecule has 0 aliphatic heterocycles. The van der Waals surface area contributed by atoms with Crippen molar-refractivity contribution >= 4 is 5.91 Å². The van der Waals surface area contributed by atoms with Crippen LogP contribution in [0.4, 0.5) is 0 Å². The molecule has 6 heteroatoms. The predicted octanol–water partition coefficient (Wildman–Crippen LogP) is 3.08. The van der Waals surface area contributed by atoms with Crippen molar-refractivity contribution < 1.29 is 14.3 Å². The van der Waals surface area contributed by atoms with Crippen LogP contribution in [0.15, 0.2) is 42.6 Å². The second-order valence-electron chi connectivity index (χ2n) is 6.29. The summed E-state index contributed by atoms with van der Waals surface area (Å²) in [5.41, 5.74) is 1.12. The van der Waals surface area contributed by atoms with Gasteiger partial charge in [0.05, 0.1) is 12.7 Å². The van der Waals surface area contributed by atoms with Gasteiger partial charge in [-0.25, -0.2) is 4.98 Å². The maximum absolute atomic E-state index is 12.4. The Morgan fingerprint density at radius 2 is 2.04 bits per heavy atom. The molecule has 0 radical (unpaired) electrons. The van der Waals surface area contributed by atoms with Crippen LogP contribution < -0.4 is 14.8 Å². The molecule has 1 N–H and O–H groups in total.